The molecule has 0 spiro atoms. The largest absolute Gasteiger partial charge is 0.294 e. The lowest BCUT2D eigenvalue weighted by Gasteiger charge is -2.38. The first-order valence-corrected chi connectivity index (χ1v) is 10.3. The Labute approximate surface area is 170 Å². The minimum Gasteiger partial charge on any atom is -0.294 e. The second-order valence-electron chi connectivity index (χ2n) is 8.03. The summed E-state index contributed by atoms with van der Waals surface area (Å²) < 4.78 is 0. The van der Waals surface area contributed by atoms with Crippen LogP contribution in [-0.4, -0.2) is 11.7 Å². The van der Waals surface area contributed by atoms with Crippen LogP contribution in [0.5, 0.6) is 0 Å². The van der Waals surface area contributed by atoms with E-state index in [-0.39, 0.29) is 17.6 Å². The van der Waals surface area contributed by atoms with Gasteiger partial charge in [-0.05, 0) is 36.8 Å². The number of Topliss-reactive ketones (excluding diaryl/α,β-unsaturated/α-hetero) is 1. The molecule has 1 aliphatic heterocycles. The van der Waals surface area contributed by atoms with Crippen LogP contribution in [0.3, 0.4) is 0 Å². The standard InChI is InChI=1S/C26H23NO2/c1-17-12-14-19(15-13-17)21-16-25(29)27(23-10-5-11-24(28)26(21)23)22-9-4-7-18-6-2-3-8-20(18)22/h2-4,6-9,12-15,21H,5,10-11,16H2,1H3. The molecular weight excluding hydrogens is 358 g/mol. The van der Waals surface area contributed by atoms with Crippen LogP contribution in [0, 0.1) is 6.92 Å². The van der Waals surface area contributed by atoms with Crippen molar-refractivity contribution in [1.82, 2.24) is 0 Å². The Morgan fingerprint density at radius 1 is 0.862 bits per heavy atom. The number of benzene rings is 3. The Hall–Kier alpha value is -3.20. The molecule has 1 heterocycles. The van der Waals surface area contributed by atoms with E-state index in [0.717, 1.165) is 46.1 Å². The fourth-order valence-corrected chi connectivity index (χ4v) is 4.76. The van der Waals surface area contributed by atoms with Crippen molar-refractivity contribution < 1.29 is 9.59 Å². The molecule has 0 fully saturated rings. The number of hydrogen-bond donors (Lipinski definition) is 0. The molecule has 5 rings (SSSR count). The van der Waals surface area contributed by atoms with Crippen LogP contribution in [0.15, 0.2) is 78.0 Å². The van der Waals surface area contributed by atoms with Crippen molar-refractivity contribution in [3.63, 3.8) is 0 Å². The van der Waals surface area contributed by atoms with Gasteiger partial charge in [0.05, 0.1) is 5.69 Å². The molecule has 1 amide bonds. The fourth-order valence-electron chi connectivity index (χ4n) is 4.76. The van der Waals surface area contributed by atoms with Gasteiger partial charge in [-0.2, -0.15) is 0 Å². The zero-order valence-electron chi connectivity index (χ0n) is 16.5. The fraction of sp³-hybridized carbons (Fsp3) is 0.231. The Balaban J connectivity index is 1.70. The molecular formula is C26H23NO2. The highest BCUT2D eigenvalue weighted by molar-refractivity contribution is 6.11. The van der Waals surface area contributed by atoms with Crippen LogP contribution in [0.4, 0.5) is 5.69 Å². The second-order valence-corrected chi connectivity index (χ2v) is 8.03. The normalized spacial score (nSPS) is 19.6. The van der Waals surface area contributed by atoms with Crippen molar-refractivity contribution in [3.8, 4) is 0 Å². The summed E-state index contributed by atoms with van der Waals surface area (Å²) in [5, 5.41) is 2.14. The van der Waals surface area contributed by atoms with E-state index in [1.807, 2.05) is 29.2 Å². The number of anilines is 1. The maximum absolute atomic E-state index is 13.4. The van der Waals surface area contributed by atoms with Crippen LogP contribution < -0.4 is 4.90 Å². The molecule has 1 unspecified atom stereocenters. The molecule has 3 aromatic rings. The third kappa shape index (κ3) is 2.98. The zero-order valence-corrected chi connectivity index (χ0v) is 16.5. The van der Waals surface area contributed by atoms with Gasteiger partial charge in [0.2, 0.25) is 5.91 Å². The van der Waals surface area contributed by atoms with E-state index >= 15 is 0 Å². The Morgan fingerprint density at radius 2 is 1.62 bits per heavy atom. The number of hydrogen-bond acceptors (Lipinski definition) is 2. The highest BCUT2D eigenvalue weighted by Crippen LogP contribution is 2.44. The van der Waals surface area contributed by atoms with Crippen molar-refractivity contribution >= 4 is 28.2 Å². The van der Waals surface area contributed by atoms with E-state index in [1.54, 1.807) is 0 Å². The molecule has 0 aromatic heterocycles. The summed E-state index contributed by atoms with van der Waals surface area (Å²) in [5.74, 6) is 0.118. The van der Waals surface area contributed by atoms with Crippen molar-refractivity contribution in [1.29, 1.82) is 0 Å². The SMILES string of the molecule is Cc1ccc(C2CC(=O)N(c3cccc4ccccc34)C3=C2C(=O)CCC3)cc1. The molecule has 3 heteroatoms. The lowest BCUT2D eigenvalue weighted by Crippen LogP contribution is -2.40. The maximum atomic E-state index is 13.4. The zero-order chi connectivity index (χ0) is 20.0. The van der Waals surface area contributed by atoms with E-state index in [9.17, 15) is 9.59 Å². The van der Waals surface area contributed by atoms with Crippen molar-refractivity contribution in [2.45, 2.75) is 38.5 Å². The van der Waals surface area contributed by atoms with E-state index in [2.05, 4.69) is 49.4 Å². The molecule has 2 aliphatic rings. The molecule has 1 atom stereocenters. The lowest BCUT2D eigenvalue weighted by molar-refractivity contribution is -0.119. The van der Waals surface area contributed by atoms with E-state index < -0.39 is 0 Å². The predicted molar refractivity (Wildman–Crippen MR) is 116 cm³/mol. The Kier molecular flexibility index (Phi) is 4.31. The van der Waals surface area contributed by atoms with Gasteiger partial charge in [0.25, 0.3) is 0 Å². The first-order chi connectivity index (χ1) is 14.1. The summed E-state index contributed by atoms with van der Waals surface area (Å²) in [6.07, 6.45) is 2.46. The summed E-state index contributed by atoms with van der Waals surface area (Å²) in [7, 11) is 0. The van der Waals surface area contributed by atoms with Crippen molar-refractivity contribution in [2.24, 2.45) is 0 Å². The van der Waals surface area contributed by atoms with Crippen molar-refractivity contribution in [3.05, 3.63) is 89.1 Å². The molecule has 0 bridgehead atoms. The molecule has 29 heavy (non-hydrogen) atoms. The summed E-state index contributed by atoms with van der Waals surface area (Å²) in [5.41, 5.74) is 4.87. The van der Waals surface area contributed by atoms with Crippen molar-refractivity contribution in [2.75, 3.05) is 4.90 Å². The quantitative estimate of drug-likeness (QED) is 0.573. The second kappa shape index (κ2) is 7.00. The molecule has 1 aliphatic carbocycles. The van der Waals surface area contributed by atoms with Gasteiger partial charge in [-0.15, -0.1) is 0 Å². The van der Waals surface area contributed by atoms with Gasteiger partial charge in [0, 0.05) is 35.4 Å². The summed E-state index contributed by atoms with van der Waals surface area (Å²) in [6.45, 7) is 2.05. The molecule has 3 aromatic carbocycles. The highest BCUT2D eigenvalue weighted by Gasteiger charge is 2.40. The molecule has 0 saturated carbocycles. The average Bonchev–Trinajstić information content (AvgIpc) is 2.74. The van der Waals surface area contributed by atoms with Gasteiger partial charge >= 0.3 is 0 Å². The number of fused-ring (bicyclic) bond motifs is 1. The summed E-state index contributed by atoms with van der Waals surface area (Å²) in [4.78, 5) is 28.3. The smallest absolute Gasteiger partial charge is 0.232 e. The van der Waals surface area contributed by atoms with Gasteiger partial charge < -0.3 is 0 Å². The minimum atomic E-state index is -0.142. The first-order valence-electron chi connectivity index (χ1n) is 10.3. The number of aryl methyl sites for hydroxylation is 1. The average molecular weight is 381 g/mol. The van der Waals surface area contributed by atoms with Crippen LogP contribution in [0.2, 0.25) is 0 Å². The molecule has 144 valence electrons. The van der Waals surface area contributed by atoms with Gasteiger partial charge in [-0.1, -0.05) is 66.2 Å². The minimum absolute atomic E-state index is 0.0698. The van der Waals surface area contributed by atoms with Gasteiger partial charge in [0.15, 0.2) is 5.78 Å². The van der Waals surface area contributed by atoms with Gasteiger partial charge in [-0.3, -0.25) is 14.5 Å². The Bertz CT molecular complexity index is 1150. The number of allylic oxidation sites excluding steroid dienone is 2. The van der Waals surface area contributed by atoms with Crippen LogP contribution in [0.1, 0.15) is 42.7 Å². The number of carbonyl (C=O) groups excluding carboxylic acids is 2. The highest BCUT2D eigenvalue weighted by atomic mass is 16.2. The predicted octanol–water partition coefficient (Wildman–Crippen LogP) is 5.68. The van der Waals surface area contributed by atoms with Crippen LogP contribution in [0.25, 0.3) is 10.8 Å². The van der Waals surface area contributed by atoms with Crippen LogP contribution >= 0.6 is 0 Å². The monoisotopic (exact) mass is 381 g/mol. The topological polar surface area (TPSA) is 37.4 Å². The van der Waals surface area contributed by atoms with E-state index in [1.165, 1.54) is 5.56 Å². The summed E-state index contributed by atoms with van der Waals surface area (Å²) >= 11 is 0. The van der Waals surface area contributed by atoms with Crippen LogP contribution in [-0.2, 0) is 9.59 Å². The third-order valence-electron chi connectivity index (χ3n) is 6.16. The Morgan fingerprint density at radius 3 is 2.45 bits per heavy atom. The van der Waals surface area contributed by atoms with E-state index in [4.69, 9.17) is 0 Å². The molecule has 0 saturated heterocycles. The van der Waals surface area contributed by atoms with Gasteiger partial charge in [-0.25, -0.2) is 0 Å². The lowest BCUT2D eigenvalue weighted by atomic mass is 9.77. The summed E-state index contributed by atoms with van der Waals surface area (Å²) in [6, 6.07) is 22.4. The molecule has 3 nitrogen and oxygen atoms in total. The number of ketones is 1. The molecule has 0 radical (unpaired) electrons. The number of carbonyl (C=O) groups is 2. The maximum Gasteiger partial charge on any atom is 0.232 e. The first kappa shape index (κ1) is 17.9. The number of amides is 1. The third-order valence-corrected chi connectivity index (χ3v) is 6.16. The van der Waals surface area contributed by atoms with Gasteiger partial charge in [0.1, 0.15) is 0 Å². The van der Waals surface area contributed by atoms with E-state index in [0.29, 0.717) is 12.8 Å². The number of nitrogens with zero attached hydrogens (tertiary/aromatic N) is 1. The number of rotatable bonds is 2. The molecule has 0 N–H and O–H groups in total.